The Balaban J connectivity index is 0.897. The van der Waals surface area contributed by atoms with Gasteiger partial charge in [0.15, 0.2) is 0 Å². The van der Waals surface area contributed by atoms with E-state index in [9.17, 15) is 24.0 Å². The van der Waals surface area contributed by atoms with Crippen molar-refractivity contribution >= 4 is 64.6 Å². The number of hydrogen-bond donors (Lipinski definition) is 2. The van der Waals surface area contributed by atoms with Crippen molar-refractivity contribution in [1.29, 1.82) is 0 Å². The number of urea groups is 1. The molecule has 4 heterocycles. The Hall–Kier alpha value is -6.69. The first kappa shape index (κ1) is 48.8. The number of benzene rings is 4. The molecule has 4 aromatic carbocycles. The molecule has 4 aliphatic rings. The third-order valence-corrected chi connectivity index (χ3v) is 13.4. The zero-order valence-electron chi connectivity index (χ0n) is 39.1. The Labute approximate surface area is 412 Å². The maximum Gasteiger partial charge on any atom is 0.326 e. The molecule has 4 aliphatic heterocycles. The summed E-state index contributed by atoms with van der Waals surface area (Å²) in [6, 6.07) is 24.2. The van der Waals surface area contributed by atoms with Crippen LogP contribution in [0.3, 0.4) is 0 Å². The number of carbonyl (C=O) groups excluding carboxylic acids is 6. The number of amides is 7. The Kier molecular flexibility index (Phi) is 14.8. The van der Waals surface area contributed by atoms with Gasteiger partial charge in [0.05, 0.1) is 24.8 Å². The van der Waals surface area contributed by atoms with Crippen LogP contribution in [0.2, 0.25) is 10.0 Å². The number of halogens is 2. The standard InChI is InChI=1S/C53H55Cl2N7O7/c1-5-69-43-30-36(53(2,3)4)18-23-40(43)49-58-47(34-14-19-37(54)20-15-34)48(35-16-21-38(55)22-17-35)62(49)52(68)60-28-26-59(27-29-60)46(65)31-56-44(63)13-8-6-7-10-33-11-9-12-39-41(33)32-61(51(39)67)42-24-25-45(64)57-50(42)66/h9,11-12,14-23,30,42,47-48H,5-6,8,13,24-29,31-32H2,1-4H3,(H,56,63)(H,57,64,66)/t42?,47-,48+/m1/s1. The first-order chi connectivity index (χ1) is 33.1. The van der Waals surface area contributed by atoms with Gasteiger partial charge in [0.25, 0.3) is 5.91 Å². The normalized spacial score (nSPS) is 19.1. The van der Waals surface area contributed by atoms with Crippen LogP contribution in [0.5, 0.6) is 5.75 Å². The number of piperazine rings is 1. The average molecular weight is 973 g/mol. The summed E-state index contributed by atoms with van der Waals surface area (Å²) in [4.78, 5) is 90.7. The fourth-order valence-electron chi connectivity index (χ4n) is 9.17. The van der Waals surface area contributed by atoms with Crippen molar-refractivity contribution in [3.8, 4) is 17.6 Å². The molecule has 358 valence electrons. The SMILES string of the molecule is CCOc1cc(C(C)(C)C)ccc1C1=N[C@H](c2ccc(Cl)cc2)[C@H](c2ccc(Cl)cc2)N1C(=O)N1CCN(C(=O)CNC(=O)CCCC#Cc2cccc3c2CN(C2CCC(=O)NC2=O)C3=O)CC1. The fourth-order valence-corrected chi connectivity index (χ4v) is 9.43. The highest BCUT2D eigenvalue weighted by Gasteiger charge is 2.45. The number of piperidine rings is 1. The van der Waals surface area contributed by atoms with Crippen molar-refractivity contribution in [2.24, 2.45) is 4.99 Å². The molecule has 0 radical (unpaired) electrons. The van der Waals surface area contributed by atoms with Crippen LogP contribution in [-0.2, 0) is 31.1 Å². The summed E-state index contributed by atoms with van der Waals surface area (Å²) in [5.41, 5.74) is 5.20. The van der Waals surface area contributed by atoms with E-state index in [1.165, 1.54) is 4.90 Å². The van der Waals surface area contributed by atoms with E-state index in [0.29, 0.717) is 57.8 Å². The number of unbranched alkanes of at least 4 members (excludes halogenated alkanes) is 1. The van der Waals surface area contributed by atoms with E-state index >= 15 is 4.79 Å². The number of amidine groups is 1. The van der Waals surface area contributed by atoms with Crippen molar-refractivity contribution in [3.05, 3.63) is 134 Å². The highest BCUT2D eigenvalue weighted by Crippen LogP contribution is 2.46. The highest BCUT2D eigenvalue weighted by atomic mass is 35.5. The van der Waals surface area contributed by atoms with E-state index in [2.05, 4.69) is 49.3 Å². The minimum atomic E-state index is -0.714. The fraction of sp³-hybridized carbons (Fsp3) is 0.377. The topological polar surface area (TPSA) is 161 Å². The molecular weight excluding hydrogens is 918 g/mol. The minimum Gasteiger partial charge on any atom is -0.493 e. The van der Waals surface area contributed by atoms with Gasteiger partial charge >= 0.3 is 6.03 Å². The summed E-state index contributed by atoms with van der Waals surface area (Å²) < 4.78 is 6.27. The van der Waals surface area contributed by atoms with Crippen LogP contribution in [0, 0.1) is 11.8 Å². The number of carbonyl (C=O) groups is 6. The monoisotopic (exact) mass is 971 g/mol. The first-order valence-electron chi connectivity index (χ1n) is 23.4. The third-order valence-electron chi connectivity index (χ3n) is 12.9. The molecule has 2 saturated heterocycles. The second-order valence-electron chi connectivity index (χ2n) is 18.5. The minimum absolute atomic E-state index is 0.159. The van der Waals surface area contributed by atoms with Gasteiger partial charge in [-0.05, 0) is 96.0 Å². The predicted molar refractivity (Wildman–Crippen MR) is 263 cm³/mol. The summed E-state index contributed by atoms with van der Waals surface area (Å²) in [6.45, 7) is 9.85. The van der Waals surface area contributed by atoms with Crippen molar-refractivity contribution < 1.29 is 33.5 Å². The van der Waals surface area contributed by atoms with Crippen LogP contribution in [-0.4, -0.2) is 106 Å². The van der Waals surface area contributed by atoms with Gasteiger partial charge in [-0.1, -0.05) is 92.2 Å². The number of ether oxygens (including phenoxy) is 1. The summed E-state index contributed by atoms with van der Waals surface area (Å²) in [5, 5.41) is 6.21. The van der Waals surface area contributed by atoms with Crippen LogP contribution in [0.15, 0.2) is 89.9 Å². The van der Waals surface area contributed by atoms with Crippen LogP contribution < -0.4 is 15.4 Å². The second-order valence-corrected chi connectivity index (χ2v) is 19.4. The van der Waals surface area contributed by atoms with Crippen molar-refractivity contribution in [3.63, 3.8) is 0 Å². The lowest BCUT2D eigenvalue weighted by molar-refractivity contribution is -0.137. The van der Waals surface area contributed by atoms with Gasteiger partial charge in [-0.15, -0.1) is 0 Å². The van der Waals surface area contributed by atoms with Gasteiger partial charge < -0.3 is 24.8 Å². The molecule has 69 heavy (non-hydrogen) atoms. The zero-order chi connectivity index (χ0) is 49.0. The van der Waals surface area contributed by atoms with E-state index in [-0.39, 0.29) is 93.6 Å². The van der Waals surface area contributed by atoms with Gasteiger partial charge in [0.1, 0.15) is 23.7 Å². The quantitative estimate of drug-likeness (QED) is 0.0890. The first-order valence-corrected chi connectivity index (χ1v) is 24.1. The van der Waals surface area contributed by atoms with E-state index in [1.54, 1.807) is 39.0 Å². The van der Waals surface area contributed by atoms with E-state index in [0.717, 1.165) is 22.3 Å². The smallest absolute Gasteiger partial charge is 0.326 e. The van der Waals surface area contributed by atoms with Gasteiger partial charge in [-0.3, -0.25) is 39.2 Å². The molecular formula is C53H55Cl2N7O7. The Morgan fingerprint density at radius 3 is 2.22 bits per heavy atom. The largest absolute Gasteiger partial charge is 0.493 e. The van der Waals surface area contributed by atoms with E-state index in [4.69, 9.17) is 32.9 Å². The van der Waals surface area contributed by atoms with E-state index < -0.39 is 24.0 Å². The van der Waals surface area contributed by atoms with Crippen molar-refractivity contribution in [2.45, 2.75) is 89.9 Å². The van der Waals surface area contributed by atoms with Crippen molar-refractivity contribution in [2.75, 3.05) is 39.3 Å². The van der Waals surface area contributed by atoms with Gasteiger partial charge in [-0.25, -0.2) is 4.79 Å². The van der Waals surface area contributed by atoms with E-state index in [1.807, 2.05) is 61.5 Å². The average Bonchev–Trinajstić information content (AvgIpc) is 3.89. The second kappa shape index (κ2) is 20.9. The van der Waals surface area contributed by atoms with Crippen molar-refractivity contribution in [1.82, 2.24) is 30.2 Å². The van der Waals surface area contributed by atoms with Gasteiger partial charge in [0, 0.05) is 73.2 Å². The van der Waals surface area contributed by atoms with Crippen LogP contribution in [0.4, 0.5) is 4.79 Å². The third kappa shape index (κ3) is 10.8. The summed E-state index contributed by atoms with van der Waals surface area (Å²) in [7, 11) is 0. The van der Waals surface area contributed by atoms with Crippen LogP contribution in [0.1, 0.15) is 116 Å². The molecule has 1 unspecified atom stereocenters. The molecule has 2 fully saturated rings. The molecule has 2 N–H and O–H groups in total. The number of hydrogen-bond acceptors (Lipinski definition) is 8. The molecule has 7 amide bonds. The molecule has 14 nitrogen and oxygen atoms in total. The number of aliphatic imine (C=N–C) groups is 1. The lowest BCUT2D eigenvalue weighted by atomic mass is 9.86. The summed E-state index contributed by atoms with van der Waals surface area (Å²) in [6.07, 6.45) is 1.47. The highest BCUT2D eigenvalue weighted by molar-refractivity contribution is 6.30. The maximum atomic E-state index is 15.1. The summed E-state index contributed by atoms with van der Waals surface area (Å²) >= 11 is 12.7. The molecule has 0 aromatic heterocycles. The Morgan fingerprint density at radius 1 is 0.870 bits per heavy atom. The Bertz CT molecular complexity index is 2750. The number of rotatable bonds is 11. The van der Waals surface area contributed by atoms with Gasteiger partial charge in [0.2, 0.25) is 23.6 Å². The molecule has 16 heteroatoms. The molecule has 0 saturated carbocycles. The Morgan fingerprint density at radius 2 is 1.55 bits per heavy atom. The number of fused-ring (bicyclic) bond motifs is 1. The molecule has 8 rings (SSSR count). The lowest BCUT2D eigenvalue weighted by Gasteiger charge is -2.39. The molecule has 0 bridgehead atoms. The van der Waals surface area contributed by atoms with Crippen LogP contribution in [0.25, 0.3) is 0 Å². The zero-order valence-corrected chi connectivity index (χ0v) is 40.7. The lowest BCUT2D eigenvalue weighted by Crippen LogP contribution is -2.56. The summed E-state index contributed by atoms with van der Waals surface area (Å²) in [5.74, 6) is 5.70. The van der Waals surface area contributed by atoms with Crippen LogP contribution >= 0.6 is 23.2 Å². The number of imide groups is 1. The molecule has 4 aromatic rings. The number of nitrogens with one attached hydrogen (secondary N) is 2. The molecule has 0 aliphatic carbocycles. The maximum absolute atomic E-state index is 15.1. The van der Waals surface area contributed by atoms with Gasteiger partial charge in [-0.2, -0.15) is 0 Å². The molecule has 3 atom stereocenters. The number of nitrogens with zero attached hydrogens (tertiary/aromatic N) is 5. The predicted octanol–water partition coefficient (Wildman–Crippen LogP) is 7.60. The molecule has 0 spiro atoms.